The number of furan rings is 1. The molecule has 3 rings (SSSR count). The molecule has 2 aromatic heterocycles. The van der Waals surface area contributed by atoms with Crippen LogP contribution in [0.5, 0.6) is 0 Å². The Morgan fingerprint density at radius 2 is 1.91 bits per heavy atom. The average molecular weight is 316 g/mol. The van der Waals surface area contributed by atoms with Crippen molar-refractivity contribution in [1.29, 1.82) is 0 Å². The lowest BCUT2D eigenvalue weighted by Crippen LogP contribution is -2.33. The molecular weight excluding hydrogens is 292 g/mol. The van der Waals surface area contributed by atoms with E-state index in [2.05, 4.69) is 25.5 Å². The van der Waals surface area contributed by atoms with Crippen molar-refractivity contribution in [3.8, 4) is 0 Å². The van der Waals surface area contributed by atoms with Gasteiger partial charge < -0.3 is 25.7 Å². The molecule has 7 nitrogen and oxygen atoms in total. The molecule has 0 amide bonds. The third kappa shape index (κ3) is 4.35. The van der Waals surface area contributed by atoms with E-state index in [1.165, 1.54) is 38.7 Å². The summed E-state index contributed by atoms with van der Waals surface area (Å²) >= 11 is 0. The second-order valence-corrected chi connectivity index (χ2v) is 5.75. The number of nitrogens with one attached hydrogen (secondary N) is 2. The SMILES string of the molecule is Nc1c(NCCN2CCCCC2)ncnc1NCc1ccco1. The van der Waals surface area contributed by atoms with Crippen molar-refractivity contribution in [3.05, 3.63) is 30.5 Å². The Balaban J connectivity index is 1.51. The lowest BCUT2D eigenvalue weighted by Gasteiger charge is -2.26. The maximum atomic E-state index is 6.15. The second-order valence-electron chi connectivity index (χ2n) is 5.75. The summed E-state index contributed by atoms with van der Waals surface area (Å²) in [6, 6.07) is 3.76. The molecule has 1 aliphatic rings. The highest BCUT2D eigenvalue weighted by atomic mass is 16.3. The number of anilines is 3. The molecule has 1 saturated heterocycles. The van der Waals surface area contributed by atoms with Gasteiger partial charge in [0.25, 0.3) is 0 Å². The Hall–Kier alpha value is -2.28. The number of hydrogen-bond acceptors (Lipinski definition) is 7. The van der Waals surface area contributed by atoms with E-state index >= 15 is 0 Å². The molecule has 0 aromatic carbocycles. The van der Waals surface area contributed by atoms with Gasteiger partial charge in [-0.3, -0.25) is 0 Å². The van der Waals surface area contributed by atoms with Gasteiger partial charge in [0.15, 0.2) is 11.6 Å². The summed E-state index contributed by atoms with van der Waals surface area (Å²) in [6.45, 7) is 4.77. The quantitative estimate of drug-likeness (QED) is 0.721. The van der Waals surface area contributed by atoms with Gasteiger partial charge in [0.05, 0.1) is 12.8 Å². The Kier molecular flexibility index (Phi) is 5.31. The first kappa shape index (κ1) is 15.6. The molecule has 4 N–H and O–H groups in total. The van der Waals surface area contributed by atoms with E-state index in [0.29, 0.717) is 23.9 Å². The van der Waals surface area contributed by atoms with Crippen LogP contribution >= 0.6 is 0 Å². The van der Waals surface area contributed by atoms with Crippen molar-refractivity contribution in [3.63, 3.8) is 0 Å². The molecule has 7 heteroatoms. The van der Waals surface area contributed by atoms with Gasteiger partial charge in [0.1, 0.15) is 17.8 Å². The van der Waals surface area contributed by atoms with E-state index in [9.17, 15) is 0 Å². The first-order chi connectivity index (χ1) is 11.3. The maximum absolute atomic E-state index is 6.15. The Morgan fingerprint density at radius 3 is 2.65 bits per heavy atom. The van der Waals surface area contributed by atoms with Crippen molar-refractivity contribution in [2.24, 2.45) is 0 Å². The van der Waals surface area contributed by atoms with Crippen LogP contribution in [0.1, 0.15) is 25.0 Å². The summed E-state index contributed by atoms with van der Waals surface area (Å²) in [6.07, 6.45) is 7.12. The second kappa shape index (κ2) is 7.82. The minimum Gasteiger partial charge on any atom is -0.467 e. The minimum absolute atomic E-state index is 0.540. The van der Waals surface area contributed by atoms with Crippen LogP contribution in [0.3, 0.4) is 0 Å². The third-order valence-electron chi connectivity index (χ3n) is 4.06. The van der Waals surface area contributed by atoms with Crippen LogP contribution in [0, 0.1) is 0 Å². The van der Waals surface area contributed by atoms with Crippen LogP contribution in [-0.2, 0) is 6.54 Å². The highest BCUT2D eigenvalue weighted by molar-refractivity contribution is 5.73. The van der Waals surface area contributed by atoms with E-state index in [0.717, 1.165) is 18.8 Å². The van der Waals surface area contributed by atoms with E-state index in [1.54, 1.807) is 6.26 Å². The third-order valence-corrected chi connectivity index (χ3v) is 4.06. The maximum Gasteiger partial charge on any atom is 0.155 e. The fourth-order valence-electron chi connectivity index (χ4n) is 2.78. The molecule has 0 aliphatic carbocycles. The van der Waals surface area contributed by atoms with E-state index in [-0.39, 0.29) is 0 Å². The van der Waals surface area contributed by atoms with Crippen LogP contribution in [-0.4, -0.2) is 41.0 Å². The van der Waals surface area contributed by atoms with Gasteiger partial charge >= 0.3 is 0 Å². The number of nitrogens with zero attached hydrogens (tertiary/aromatic N) is 3. The van der Waals surface area contributed by atoms with Crippen molar-refractivity contribution in [2.75, 3.05) is 42.5 Å². The normalized spacial score (nSPS) is 15.5. The zero-order chi connectivity index (χ0) is 15.9. The summed E-state index contributed by atoms with van der Waals surface area (Å²) in [5.41, 5.74) is 6.69. The monoisotopic (exact) mass is 316 g/mol. The molecule has 1 fully saturated rings. The number of hydrogen-bond donors (Lipinski definition) is 3. The van der Waals surface area contributed by atoms with Crippen molar-refractivity contribution in [1.82, 2.24) is 14.9 Å². The van der Waals surface area contributed by atoms with Crippen molar-refractivity contribution in [2.45, 2.75) is 25.8 Å². The van der Waals surface area contributed by atoms with Gasteiger partial charge in [-0.05, 0) is 38.1 Å². The summed E-state index contributed by atoms with van der Waals surface area (Å²) in [7, 11) is 0. The highest BCUT2D eigenvalue weighted by Gasteiger charge is 2.11. The molecule has 0 unspecified atom stereocenters. The van der Waals surface area contributed by atoms with Gasteiger partial charge in [-0.25, -0.2) is 9.97 Å². The topological polar surface area (TPSA) is 92.2 Å². The molecule has 0 atom stereocenters. The molecular formula is C16H24N6O. The summed E-state index contributed by atoms with van der Waals surface area (Å²) in [5, 5.41) is 6.49. The Labute approximate surface area is 136 Å². The molecule has 1 aliphatic heterocycles. The molecule has 0 radical (unpaired) electrons. The Morgan fingerprint density at radius 1 is 1.13 bits per heavy atom. The lowest BCUT2D eigenvalue weighted by atomic mass is 10.1. The smallest absolute Gasteiger partial charge is 0.155 e. The molecule has 23 heavy (non-hydrogen) atoms. The lowest BCUT2D eigenvalue weighted by molar-refractivity contribution is 0.237. The van der Waals surface area contributed by atoms with Crippen LogP contribution in [0.25, 0.3) is 0 Å². The summed E-state index contributed by atoms with van der Waals surface area (Å²) in [4.78, 5) is 10.9. The van der Waals surface area contributed by atoms with Crippen LogP contribution in [0.2, 0.25) is 0 Å². The van der Waals surface area contributed by atoms with Gasteiger partial charge in [-0.1, -0.05) is 6.42 Å². The predicted octanol–water partition coefficient (Wildman–Crippen LogP) is 2.16. The summed E-state index contributed by atoms with van der Waals surface area (Å²) < 4.78 is 5.29. The van der Waals surface area contributed by atoms with Crippen LogP contribution < -0.4 is 16.4 Å². The molecule has 0 saturated carbocycles. The fraction of sp³-hybridized carbons (Fsp3) is 0.500. The highest BCUT2D eigenvalue weighted by Crippen LogP contribution is 2.22. The van der Waals surface area contributed by atoms with Gasteiger partial charge in [-0.15, -0.1) is 0 Å². The molecule has 124 valence electrons. The van der Waals surface area contributed by atoms with Gasteiger partial charge in [0.2, 0.25) is 0 Å². The zero-order valence-electron chi connectivity index (χ0n) is 13.3. The number of piperidine rings is 1. The predicted molar refractivity (Wildman–Crippen MR) is 91.3 cm³/mol. The number of nitrogens with two attached hydrogens (primary N) is 1. The molecule has 0 spiro atoms. The van der Waals surface area contributed by atoms with E-state index in [1.807, 2.05) is 12.1 Å². The molecule has 0 bridgehead atoms. The van der Waals surface area contributed by atoms with Crippen LogP contribution in [0.15, 0.2) is 29.1 Å². The van der Waals surface area contributed by atoms with Crippen molar-refractivity contribution >= 4 is 17.3 Å². The molecule has 2 aromatic rings. The van der Waals surface area contributed by atoms with E-state index < -0.39 is 0 Å². The zero-order valence-corrected chi connectivity index (χ0v) is 13.3. The molecule has 3 heterocycles. The standard InChI is InChI=1S/C16H24N6O/c17-14-15(18-6-9-22-7-2-1-3-8-22)20-12-21-16(14)19-11-13-5-4-10-23-13/h4-5,10,12H,1-3,6-9,11,17H2,(H2,18,19,20,21). The van der Waals surface area contributed by atoms with Gasteiger partial charge in [0, 0.05) is 13.1 Å². The largest absolute Gasteiger partial charge is 0.467 e. The summed E-state index contributed by atoms with van der Waals surface area (Å²) in [5.74, 6) is 2.14. The first-order valence-corrected chi connectivity index (χ1v) is 8.16. The Bertz CT molecular complexity index is 595. The number of likely N-dealkylation sites (tertiary alicyclic amines) is 1. The van der Waals surface area contributed by atoms with Gasteiger partial charge in [-0.2, -0.15) is 0 Å². The van der Waals surface area contributed by atoms with Crippen molar-refractivity contribution < 1.29 is 4.42 Å². The van der Waals surface area contributed by atoms with Crippen LogP contribution in [0.4, 0.5) is 17.3 Å². The van der Waals surface area contributed by atoms with E-state index in [4.69, 9.17) is 10.2 Å². The first-order valence-electron chi connectivity index (χ1n) is 8.16. The fourth-order valence-corrected chi connectivity index (χ4v) is 2.78. The number of rotatable bonds is 7. The number of aromatic nitrogens is 2. The number of nitrogen functional groups attached to an aromatic ring is 1. The minimum atomic E-state index is 0.540. The average Bonchev–Trinajstić information content (AvgIpc) is 3.10.